The van der Waals surface area contributed by atoms with Crippen LogP contribution in [0.2, 0.25) is 0 Å². The smallest absolute Gasteiger partial charge is 0.338 e. The normalized spacial score (nSPS) is 10.3. The molecule has 5 nitrogen and oxygen atoms in total. The number of imidazole rings is 1. The Balaban J connectivity index is 2.88. The number of aromatic carboxylic acids is 1. The SMILES string of the molecule is O=Cc1ccc2[nH]cnc2c1C(=O)O. The number of nitrogens with zero attached hydrogens (tertiary/aromatic N) is 1. The molecule has 0 aliphatic carbocycles. The molecule has 0 saturated heterocycles. The summed E-state index contributed by atoms with van der Waals surface area (Å²) in [7, 11) is 0. The number of benzene rings is 1. The van der Waals surface area contributed by atoms with Crippen LogP contribution in [0, 0.1) is 0 Å². The second-order valence-electron chi connectivity index (χ2n) is 2.75. The number of rotatable bonds is 2. The molecule has 0 fully saturated rings. The van der Waals surface area contributed by atoms with Gasteiger partial charge < -0.3 is 10.1 Å². The van der Waals surface area contributed by atoms with Crippen LogP contribution in [0.15, 0.2) is 18.5 Å². The molecule has 70 valence electrons. The topological polar surface area (TPSA) is 83.0 Å². The lowest BCUT2D eigenvalue weighted by atomic mass is 10.1. The molecule has 0 spiro atoms. The molecule has 0 saturated carbocycles. The van der Waals surface area contributed by atoms with Crippen LogP contribution < -0.4 is 0 Å². The Kier molecular flexibility index (Phi) is 1.78. The van der Waals surface area contributed by atoms with Gasteiger partial charge in [0.25, 0.3) is 0 Å². The Morgan fingerprint density at radius 3 is 2.93 bits per heavy atom. The van der Waals surface area contributed by atoms with Crippen molar-refractivity contribution in [2.75, 3.05) is 0 Å². The second-order valence-corrected chi connectivity index (χ2v) is 2.75. The van der Waals surface area contributed by atoms with E-state index in [1.165, 1.54) is 12.4 Å². The average Bonchev–Trinajstić information content (AvgIpc) is 2.62. The fourth-order valence-corrected chi connectivity index (χ4v) is 1.35. The Labute approximate surface area is 78.4 Å². The Morgan fingerprint density at radius 2 is 2.29 bits per heavy atom. The maximum Gasteiger partial charge on any atom is 0.338 e. The number of fused-ring (bicyclic) bond motifs is 1. The number of carboxylic acid groups (broad SMARTS) is 1. The third kappa shape index (κ3) is 1.06. The van der Waals surface area contributed by atoms with Crippen molar-refractivity contribution in [2.45, 2.75) is 0 Å². The highest BCUT2D eigenvalue weighted by molar-refractivity contribution is 6.07. The molecular weight excluding hydrogens is 184 g/mol. The minimum atomic E-state index is -1.15. The van der Waals surface area contributed by atoms with Crippen LogP contribution >= 0.6 is 0 Å². The van der Waals surface area contributed by atoms with Crippen LogP contribution in [-0.2, 0) is 0 Å². The molecule has 1 aromatic carbocycles. The molecular formula is C9H6N2O3. The highest BCUT2D eigenvalue weighted by atomic mass is 16.4. The monoisotopic (exact) mass is 190 g/mol. The number of aromatic amines is 1. The summed E-state index contributed by atoms with van der Waals surface area (Å²) >= 11 is 0. The van der Waals surface area contributed by atoms with Gasteiger partial charge in [-0.15, -0.1) is 0 Å². The van der Waals surface area contributed by atoms with Crippen molar-refractivity contribution in [1.82, 2.24) is 9.97 Å². The van der Waals surface area contributed by atoms with Gasteiger partial charge >= 0.3 is 5.97 Å². The van der Waals surface area contributed by atoms with Gasteiger partial charge in [0, 0.05) is 5.56 Å². The Bertz CT molecular complexity index is 516. The molecule has 1 heterocycles. The largest absolute Gasteiger partial charge is 0.478 e. The number of H-pyrrole nitrogens is 1. The minimum absolute atomic E-state index is 0.0567. The molecule has 5 heteroatoms. The van der Waals surface area contributed by atoms with Gasteiger partial charge in [-0.25, -0.2) is 9.78 Å². The first-order valence-electron chi connectivity index (χ1n) is 3.88. The third-order valence-electron chi connectivity index (χ3n) is 1.96. The molecule has 0 radical (unpaired) electrons. The lowest BCUT2D eigenvalue weighted by molar-refractivity contribution is 0.0696. The van der Waals surface area contributed by atoms with E-state index < -0.39 is 5.97 Å². The molecule has 0 amide bonds. The van der Waals surface area contributed by atoms with E-state index in [4.69, 9.17) is 5.11 Å². The summed E-state index contributed by atoms with van der Waals surface area (Å²) in [4.78, 5) is 28.1. The number of carbonyl (C=O) groups is 2. The lowest BCUT2D eigenvalue weighted by Gasteiger charge is -1.99. The zero-order valence-electron chi connectivity index (χ0n) is 7.02. The Hall–Kier alpha value is -2.17. The quantitative estimate of drug-likeness (QED) is 0.694. The third-order valence-corrected chi connectivity index (χ3v) is 1.96. The zero-order chi connectivity index (χ0) is 10.1. The molecule has 2 rings (SSSR count). The summed E-state index contributed by atoms with van der Waals surface area (Å²) in [5.41, 5.74) is 0.992. The van der Waals surface area contributed by atoms with Crippen LogP contribution in [-0.4, -0.2) is 27.3 Å². The van der Waals surface area contributed by atoms with Crippen molar-refractivity contribution in [3.05, 3.63) is 29.6 Å². The Morgan fingerprint density at radius 1 is 1.50 bits per heavy atom. The van der Waals surface area contributed by atoms with E-state index >= 15 is 0 Å². The molecule has 0 aliphatic rings. The maximum atomic E-state index is 10.9. The van der Waals surface area contributed by atoms with Gasteiger partial charge in [0.05, 0.1) is 17.4 Å². The first-order chi connectivity index (χ1) is 6.74. The van der Waals surface area contributed by atoms with Gasteiger partial charge in [0.15, 0.2) is 6.29 Å². The second kappa shape index (κ2) is 2.95. The number of carbonyl (C=O) groups excluding carboxylic acids is 1. The molecule has 0 bridgehead atoms. The van der Waals surface area contributed by atoms with Crippen LogP contribution in [0.1, 0.15) is 20.7 Å². The molecule has 14 heavy (non-hydrogen) atoms. The van der Waals surface area contributed by atoms with Gasteiger partial charge in [-0.3, -0.25) is 4.79 Å². The van der Waals surface area contributed by atoms with Crippen molar-refractivity contribution < 1.29 is 14.7 Å². The predicted octanol–water partition coefficient (Wildman–Crippen LogP) is 1.07. The van der Waals surface area contributed by atoms with Gasteiger partial charge in [-0.05, 0) is 12.1 Å². The summed E-state index contributed by atoms with van der Waals surface area (Å²) in [6.07, 6.45) is 1.91. The first kappa shape index (κ1) is 8.43. The van der Waals surface area contributed by atoms with Crippen molar-refractivity contribution >= 4 is 23.3 Å². The van der Waals surface area contributed by atoms with Gasteiger partial charge in [0.1, 0.15) is 5.52 Å². The van der Waals surface area contributed by atoms with Crippen molar-refractivity contribution in [1.29, 1.82) is 0 Å². The summed E-state index contributed by atoms with van der Waals surface area (Å²) in [5.74, 6) is -1.15. The standard InChI is InChI=1S/C9H6N2O3/c12-3-5-1-2-6-8(11-4-10-6)7(5)9(13)14/h1-4H,(H,10,11)(H,13,14). The number of carboxylic acids is 1. The van der Waals surface area contributed by atoms with Gasteiger partial charge in [0.2, 0.25) is 0 Å². The van der Waals surface area contributed by atoms with E-state index in [1.807, 2.05) is 0 Å². The van der Waals surface area contributed by atoms with E-state index in [0.717, 1.165) is 0 Å². The van der Waals surface area contributed by atoms with Crippen LogP contribution in [0.25, 0.3) is 11.0 Å². The van der Waals surface area contributed by atoms with E-state index in [0.29, 0.717) is 17.3 Å². The van der Waals surface area contributed by atoms with Crippen LogP contribution in [0.3, 0.4) is 0 Å². The predicted molar refractivity (Wildman–Crippen MR) is 48.4 cm³/mol. The summed E-state index contributed by atoms with van der Waals surface area (Å²) < 4.78 is 0. The van der Waals surface area contributed by atoms with Gasteiger partial charge in [-0.2, -0.15) is 0 Å². The van der Waals surface area contributed by atoms with Crippen molar-refractivity contribution in [3.63, 3.8) is 0 Å². The zero-order valence-corrected chi connectivity index (χ0v) is 7.02. The van der Waals surface area contributed by atoms with E-state index in [2.05, 4.69) is 9.97 Å². The minimum Gasteiger partial charge on any atom is -0.478 e. The molecule has 2 N–H and O–H groups in total. The fraction of sp³-hybridized carbons (Fsp3) is 0. The van der Waals surface area contributed by atoms with Crippen molar-refractivity contribution in [2.24, 2.45) is 0 Å². The van der Waals surface area contributed by atoms with Gasteiger partial charge in [-0.1, -0.05) is 0 Å². The molecule has 0 unspecified atom stereocenters. The number of aldehydes is 1. The number of hydrogen-bond donors (Lipinski definition) is 2. The van der Waals surface area contributed by atoms with E-state index in [1.54, 1.807) is 6.07 Å². The first-order valence-corrected chi connectivity index (χ1v) is 3.88. The highest BCUT2D eigenvalue weighted by Gasteiger charge is 2.15. The molecule has 0 atom stereocenters. The summed E-state index contributed by atoms with van der Waals surface area (Å²) in [6.45, 7) is 0. The molecule has 2 aromatic rings. The molecule has 1 aromatic heterocycles. The van der Waals surface area contributed by atoms with E-state index in [-0.39, 0.29) is 11.1 Å². The average molecular weight is 190 g/mol. The van der Waals surface area contributed by atoms with Crippen LogP contribution in [0.4, 0.5) is 0 Å². The highest BCUT2D eigenvalue weighted by Crippen LogP contribution is 2.18. The summed E-state index contributed by atoms with van der Waals surface area (Å²) in [5, 5.41) is 8.90. The molecule has 0 aliphatic heterocycles. The summed E-state index contributed by atoms with van der Waals surface area (Å²) in [6, 6.07) is 3.08. The number of aromatic nitrogens is 2. The maximum absolute atomic E-state index is 10.9. The number of nitrogens with one attached hydrogen (secondary N) is 1. The number of hydrogen-bond acceptors (Lipinski definition) is 3. The lowest BCUT2D eigenvalue weighted by Crippen LogP contribution is -2.02. The van der Waals surface area contributed by atoms with E-state index in [9.17, 15) is 9.59 Å². The fourth-order valence-electron chi connectivity index (χ4n) is 1.35. The van der Waals surface area contributed by atoms with Crippen molar-refractivity contribution in [3.8, 4) is 0 Å². The van der Waals surface area contributed by atoms with Crippen LogP contribution in [0.5, 0.6) is 0 Å².